The molecule has 1 saturated heterocycles. The fourth-order valence-electron chi connectivity index (χ4n) is 5.72. The van der Waals surface area contributed by atoms with E-state index in [1.165, 1.54) is 29.2 Å². The number of likely N-dealkylation sites (tertiary alicyclic amines) is 1. The molecule has 2 aromatic carbocycles. The summed E-state index contributed by atoms with van der Waals surface area (Å²) in [4.78, 5) is 14.4. The molecule has 4 nitrogen and oxygen atoms in total. The van der Waals surface area contributed by atoms with Crippen LogP contribution in [-0.4, -0.2) is 36.7 Å². The molecule has 0 bridgehead atoms. The molecule has 1 saturated carbocycles. The lowest BCUT2D eigenvalue weighted by Gasteiger charge is -2.37. The molecule has 0 radical (unpaired) electrons. The number of ether oxygens (including phenoxy) is 2. The van der Waals surface area contributed by atoms with Crippen LogP contribution in [0.15, 0.2) is 36.4 Å². The van der Waals surface area contributed by atoms with Crippen molar-refractivity contribution in [1.82, 2.24) is 4.90 Å². The molecule has 1 aliphatic carbocycles. The Labute approximate surface area is 199 Å². The maximum atomic E-state index is 12.0. The first-order valence-electron chi connectivity index (χ1n) is 13.0. The number of nitrogens with zero attached hydrogens (tertiary/aromatic N) is 1. The summed E-state index contributed by atoms with van der Waals surface area (Å²) in [7, 11) is 0. The fourth-order valence-corrected chi connectivity index (χ4v) is 5.72. The zero-order valence-corrected chi connectivity index (χ0v) is 20.9. The lowest BCUT2D eigenvalue weighted by molar-refractivity contribution is -0.149. The van der Waals surface area contributed by atoms with Gasteiger partial charge in [0.2, 0.25) is 0 Å². The van der Waals surface area contributed by atoms with Gasteiger partial charge in [-0.15, -0.1) is 0 Å². The third-order valence-electron chi connectivity index (χ3n) is 7.74. The van der Waals surface area contributed by atoms with Crippen LogP contribution in [0.2, 0.25) is 0 Å². The zero-order valence-electron chi connectivity index (χ0n) is 20.9. The molecule has 0 spiro atoms. The molecule has 33 heavy (non-hydrogen) atoms. The third-order valence-corrected chi connectivity index (χ3v) is 7.74. The predicted octanol–water partition coefficient (Wildman–Crippen LogP) is 6.45. The molecule has 2 aliphatic rings. The molecule has 4 heteroatoms. The highest BCUT2D eigenvalue weighted by atomic mass is 16.5. The summed E-state index contributed by atoms with van der Waals surface area (Å²) < 4.78 is 11.8. The highest BCUT2D eigenvalue weighted by Crippen LogP contribution is 2.36. The summed E-state index contributed by atoms with van der Waals surface area (Å²) in [5.74, 6) is 3.10. The molecule has 0 aromatic heterocycles. The zero-order chi connectivity index (χ0) is 23.4. The van der Waals surface area contributed by atoms with Gasteiger partial charge in [-0.1, -0.05) is 45.4 Å². The highest BCUT2D eigenvalue weighted by Gasteiger charge is 2.32. The normalized spacial score (nSPS) is 24.8. The molecule has 2 aromatic rings. The van der Waals surface area contributed by atoms with Gasteiger partial charge in [-0.2, -0.15) is 0 Å². The molecule has 0 N–H and O–H groups in total. The second-order valence-electron chi connectivity index (χ2n) is 10.6. The van der Waals surface area contributed by atoms with Crippen LogP contribution in [0.5, 0.6) is 5.75 Å². The lowest BCUT2D eigenvalue weighted by Crippen LogP contribution is -2.36. The Morgan fingerprint density at radius 2 is 1.76 bits per heavy atom. The van der Waals surface area contributed by atoms with Crippen molar-refractivity contribution in [2.24, 2.45) is 23.7 Å². The molecule has 3 atom stereocenters. The van der Waals surface area contributed by atoms with Crippen molar-refractivity contribution in [2.45, 2.75) is 72.4 Å². The van der Waals surface area contributed by atoms with Crippen molar-refractivity contribution in [1.29, 1.82) is 0 Å². The summed E-state index contributed by atoms with van der Waals surface area (Å²) in [5, 5.41) is 2.50. The van der Waals surface area contributed by atoms with E-state index in [0.29, 0.717) is 24.5 Å². The summed E-state index contributed by atoms with van der Waals surface area (Å²) in [6, 6.07) is 13.3. The Bertz CT molecular complexity index is 932. The SMILES string of the molecule is CCOC(=O)C1CCN(Cc2ccc3cc(O[C@@H]4C[C@H](C)CCC4C(C)C)ccc3c2)CC1. The van der Waals surface area contributed by atoms with E-state index in [9.17, 15) is 4.79 Å². The molecular weight excluding hydrogens is 410 g/mol. The summed E-state index contributed by atoms with van der Waals surface area (Å²) in [5.41, 5.74) is 1.33. The van der Waals surface area contributed by atoms with Crippen LogP contribution < -0.4 is 4.74 Å². The number of carbonyl (C=O) groups is 1. The largest absolute Gasteiger partial charge is 0.490 e. The Balaban J connectivity index is 1.37. The van der Waals surface area contributed by atoms with Crippen LogP contribution in [0.3, 0.4) is 0 Å². The number of carbonyl (C=O) groups excluding carboxylic acids is 1. The second kappa shape index (κ2) is 10.9. The molecule has 1 unspecified atom stereocenters. The minimum Gasteiger partial charge on any atom is -0.490 e. The van der Waals surface area contributed by atoms with E-state index in [0.717, 1.165) is 50.6 Å². The number of fused-ring (bicyclic) bond motifs is 1. The summed E-state index contributed by atoms with van der Waals surface area (Å²) in [6.07, 6.45) is 5.87. The average Bonchev–Trinajstić information content (AvgIpc) is 2.79. The molecule has 1 aliphatic heterocycles. The smallest absolute Gasteiger partial charge is 0.309 e. The molecule has 0 amide bonds. The third kappa shape index (κ3) is 6.09. The lowest BCUT2D eigenvalue weighted by atomic mass is 9.75. The molecule has 1 heterocycles. The molecule has 180 valence electrons. The Hall–Kier alpha value is -2.07. The number of piperidine rings is 1. The Kier molecular flexibility index (Phi) is 7.95. The Morgan fingerprint density at radius 1 is 1.03 bits per heavy atom. The molecule has 2 fully saturated rings. The standard InChI is InChI=1S/C29H41NO3/c1-5-32-29(31)23-12-14-30(15-13-23)19-22-7-8-25-18-26(10-9-24(25)17-22)33-28-16-21(4)6-11-27(28)20(2)3/h7-10,17-18,20-21,23,27-28H,5-6,11-16,19H2,1-4H3/t21-,27?,28-/m1/s1. The maximum Gasteiger partial charge on any atom is 0.309 e. The predicted molar refractivity (Wildman–Crippen MR) is 134 cm³/mol. The minimum absolute atomic E-state index is 0.0247. The topological polar surface area (TPSA) is 38.8 Å². The number of hydrogen-bond acceptors (Lipinski definition) is 4. The molecule has 4 rings (SSSR count). The first-order valence-corrected chi connectivity index (χ1v) is 13.0. The van der Waals surface area contributed by atoms with Crippen molar-refractivity contribution in [2.75, 3.05) is 19.7 Å². The van der Waals surface area contributed by atoms with Gasteiger partial charge in [0, 0.05) is 6.54 Å². The van der Waals surface area contributed by atoms with Crippen molar-refractivity contribution in [3.8, 4) is 5.75 Å². The van der Waals surface area contributed by atoms with Gasteiger partial charge >= 0.3 is 5.97 Å². The van der Waals surface area contributed by atoms with Crippen molar-refractivity contribution in [3.63, 3.8) is 0 Å². The van der Waals surface area contributed by atoms with E-state index in [4.69, 9.17) is 9.47 Å². The van der Waals surface area contributed by atoms with Crippen LogP contribution in [0.4, 0.5) is 0 Å². The van der Waals surface area contributed by atoms with E-state index in [1.807, 2.05) is 6.92 Å². The second-order valence-corrected chi connectivity index (χ2v) is 10.6. The van der Waals surface area contributed by atoms with Gasteiger partial charge in [-0.05, 0) is 98.0 Å². The van der Waals surface area contributed by atoms with Crippen LogP contribution in [0.1, 0.15) is 65.4 Å². The average molecular weight is 452 g/mol. The first-order chi connectivity index (χ1) is 15.9. The van der Waals surface area contributed by atoms with Crippen LogP contribution in [-0.2, 0) is 16.1 Å². The molecular formula is C29H41NO3. The van der Waals surface area contributed by atoms with Gasteiger partial charge in [0.25, 0.3) is 0 Å². The van der Waals surface area contributed by atoms with Gasteiger partial charge in [-0.3, -0.25) is 9.69 Å². The van der Waals surface area contributed by atoms with E-state index in [2.05, 4.69) is 62.1 Å². The number of benzene rings is 2. The quantitative estimate of drug-likeness (QED) is 0.453. The Morgan fingerprint density at radius 3 is 2.48 bits per heavy atom. The van der Waals surface area contributed by atoms with E-state index < -0.39 is 0 Å². The van der Waals surface area contributed by atoms with Gasteiger partial charge in [0.05, 0.1) is 12.5 Å². The van der Waals surface area contributed by atoms with Gasteiger partial charge < -0.3 is 9.47 Å². The van der Waals surface area contributed by atoms with Crippen molar-refractivity contribution >= 4 is 16.7 Å². The van der Waals surface area contributed by atoms with Crippen molar-refractivity contribution < 1.29 is 14.3 Å². The maximum absolute atomic E-state index is 12.0. The van der Waals surface area contributed by atoms with E-state index >= 15 is 0 Å². The van der Waals surface area contributed by atoms with Gasteiger partial charge in [0.15, 0.2) is 0 Å². The monoisotopic (exact) mass is 451 g/mol. The number of hydrogen-bond donors (Lipinski definition) is 0. The van der Waals surface area contributed by atoms with E-state index in [1.54, 1.807) is 0 Å². The van der Waals surface area contributed by atoms with Crippen LogP contribution >= 0.6 is 0 Å². The van der Waals surface area contributed by atoms with Crippen LogP contribution in [0.25, 0.3) is 10.8 Å². The van der Waals surface area contributed by atoms with E-state index in [-0.39, 0.29) is 11.9 Å². The number of esters is 1. The minimum atomic E-state index is -0.0247. The summed E-state index contributed by atoms with van der Waals surface area (Å²) in [6.45, 7) is 12.2. The van der Waals surface area contributed by atoms with Gasteiger partial charge in [-0.25, -0.2) is 0 Å². The van der Waals surface area contributed by atoms with Gasteiger partial charge in [0.1, 0.15) is 11.9 Å². The first kappa shape index (κ1) is 24.1. The highest BCUT2D eigenvalue weighted by molar-refractivity contribution is 5.84. The van der Waals surface area contributed by atoms with Crippen molar-refractivity contribution in [3.05, 3.63) is 42.0 Å². The number of rotatable bonds is 7. The summed E-state index contributed by atoms with van der Waals surface area (Å²) >= 11 is 0. The van der Waals surface area contributed by atoms with Crippen LogP contribution in [0, 0.1) is 23.7 Å². The fraction of sp³-hybridized carbons (Fsp3) is 0.621.